The summed E-state index contributed by atoms with van der Waals surface area (Å²) in [5.74, 6) is 1.13. The zero-order valence-corrected chi connectivity index (χ0v) is 17.4. The molecule has 2 aromatic carbocycles. The van der Waals surface area contributed by atoms with Crippen molar-refractivity contribution in [3.63, 3.8) is 0 Å². The van der Waals surface area contributed by atoms with E-state index in [0.29, 0.717) is 19.6 Å². The van der Waals surface area contributed by atoms with Crippen LogP contribution in [0.25, 0.3) is 0 Å². The van der Waals surface area contributed by atoms with E-state index in [1.807, 2.05) is 66.1 Å². The molecule has 2 aliphatic heterocycles. The number of carbonyl (C=O) groups excluding carboxylic acids is 2. The van der Waals surface area contributed by atoms with Crippen molar-refractivity contribution in [2.24, 2.45) is 5.41 Å². The van der Waals surface area contributed by atoms with Crippen LogP contribution < -0.4 is 4.74 Å². The first kappa shape index (κ1) is 19.5. The predicted octanol–water partition coefficient (Wildman–Crippen LogP) is 3.58. The van der Waals surface area contributed by atoms with Crippen LogP contribution in [0, 0.1) is 19.3 Å². The molecule has 0 unspecified atom stereocenters. The Morgan fingerprint density at radius 2 is 1.76 bits per heavy atom. The molecule has 29 heavy (non-hydrogen) atoms. The summed E-state index contributed by atoms with van der Waals surface area (Å²) in [5.41, 5.74) is 3.78. The number of likely N-dealkylation sites (tertiary alicyclic amines) is 2. The van der Waals surface area contributed by atoms with Gasteiger partial charge < -0.3 is 14.5 Å². The van der Waals surface area contributed by atoms with Gasteiger partial charge in [0.25, 0.3) is 5.91 Å². The molecule has 2 heterocycles. The molecular weight excluding hydrogens is 364 g/mol. The first-order chi connectivity index (χ1) is 13.9. The molecule has 0 radical (unpaired) electrons. The van der Waals surface area contributed by atoms with Crippen LogP contribution in [0.4, 0.5) is 0 Å². The number of amides is 2. The van der Waals surface area contributed by atoms with Crippen molar-refractivity contribution < 1.29 is 14.3 Å². The van der Waals surface area contributed by atoms with Crippen LogP contribution in [0.5, 0.6) is 5.75 Å². The highest BCUT2D eigenvalue weighted by atomic mass is 16.5. The van der Waals surface area contributed by atoms with Gasteiger partial charge in [0, 0.05) is 31.7 Å². The Morgan fingerprint density at radius 3 is 2.34 bits per heavy atom. The zero-order chi connectivity index (χ0) is 20.6. The third-order valence-corrected chi connectivity index (χ3v) is 6.39. The first-order valence-electron chi connectivity index (χ1n) is 10.2. The van der Waals surface area contributed by atoms with Gasteiger partial charge in [0.15, 0.2) is 0 Å². The van der Waals surface area contributed by atoms with E-state index >= 15 is 0 Å². The Hall–Kier alpha value is -2.82. The fourth-order valence-electron chi connectivity index (χ4n) is 4.56. The van der Waals surface area contributed by atoms with Crippen molar-refractivity contribution >= 4 is 11.8 Å². The van der Waals surface area contributed by atoms with Crippen LogP contribution in [-0.2, 0) is 11.3 Å². The van der Waals surface area contributed by atoms with Crippen LogP contribution in [0.3, 0.4) is 0 Å². The molecule has 2 aliphatic rings. The summed E-state index contributed by atoms with van der Waals surface area (Å²) in [4.78, 5) is 29.6. The maximum absolute atomic E-state index is 12.9. The van der Waals surface area contributed by atoms with Crippen LogP contribution in [0.15, 0.2) is 42.5 Å². The molecule has 2 aromatic rings. The van der Waals surface area contributed by atoms with Gasteiger partial charge in [-0.2, -0.15) is 0 Å². The summed E-state index contributed by atoms with van der Waals surface area (Å²) < 4.78 is 5.19. The van der Waals surface area contributed by atoms with E-state index in [1.165, 1.54) is 0 Å². The van der Waals surface area contributed by atoms with Crippen molar-refractivity contribution in [2.45, 2.75) is 33.2 Å². The highest BCUT2D eigenvalue weighted by Crippen LogP contribution is 2.42. The molecule has 2 fully saturated rings. The van der Waals surface area contributed by atoms with Crippen molar-refractivity contribution in [1.82, 2.24) is 9.80 Å². The summed E-state index contributed by atoms with van der Waals surface area (Å²) in [6, 6.07) is 13.8. The smallest absolute Gasteiger partial charge is 0.254 e. The fraction of sp³-hybridized carbons (Fsp3) is 0.417. The number of carbonyl (C=O) groups is 2. The van der Waals surface area contributed by atoms with Gasteiger partial charge in [-0.15, -0.1) is 0 Å². The summed E-state index contributed by atoms with van der Waals surface area (Å²) >= 11 is 0. The molecule has 0 aliphatic carbocycles. The summed E-state index contributed by atoms with van der Waals surface area (Å²) in [5, 5.41) is 0. The second-order valence-corrected chi connectivity index (χ2v) is 8.40. The van der Waals surface area contributed by atoms with Crippen LogP contribution in [0.2, 0.25) is 0 Å². The van der Waals surface area contributed by atoms with Crippen molar-refractivity contribution in [3.05, 3.63) is 64.7 Å². The molecule has 0 N–H and O–H groups in total. The van der Waals surface area contributed by atoms with E-state index in [2.05, 4.69) is 0 Å². The number of hydrogen-bond acceptors (Lipinski definition) is 3. The second kappa shape index (κ2) is 7.54. The van der Waals surface area contributed by atoms with E-state index < -0.39 is 0 Å². The number of aryl methyl sites for hydroxylation is 2. The largest absolute Gasteiger partial charge is 0.497 e. The van der Waals surface area contributed by atoms with Gasteiger partial charge in [-0.3, -0.25) is 9.59 Å². The van der Waals surface area contributed by atoms with Gasteiger partial charge >= 0.3 is 0 Å². The highest BCUT2D eigenvalue weighted by molar-refractivity contribution is 5.96. The average molecular weight is 392 g/mol. The molecule has 2 saturated heterocycles. The number of rotatable bonds is 4. The van der Waals surface area contributed by atoms with Gasteiger partial charge in [0.2, 0.25) is 5.91 Å². The molecule has 152 valence electrons. The molecule has 4 rings (SSSR count). The lowest BCUT2D eigenvalue weighted by atomic mass is 9.71. The van der Waals surface area contributed by atoms with Crippen molar-refractivity contribution in [2.75, 3.05) is 26.7 Å². The standard InChI is InChI=1S/C24H28N2O3/c1-17-4-9-21(18(2)14-17)22(27)25-12-10-24(11-13-25)16-26(23(24)28)15-19-5-7-20(29-3)8-6-19/h4-9,14H,10-13,15-16H2,1-3H3. The minimum atomic E-state index is -0.272. The molecule has 2 amide bonds. The minimum absolute atomic E-state index is 0.0826. The fourth-order valence-corrected chi connectivity index (χ4v) is 4.56. The van der Waals surface area contributed by atoms with Crippen LogP contribution in [-0.4, -0.2) is 48.4 Å². The average Bonchev–Trinajstić information content (AvgIpc) is 2.74. The second-order valence-electron chi connectivity index (χ2n) is 8.40. The highest BCUT2D eigenvalue weighted by Gasteiger charge is 2.53. The monoisotopic (exact) mass is 392 g/mol. The van der Waals surface area contributed by atoms with E-state index in [4.69, 9.17) is 4.74 Å². The normalized spacial score (nSPS) is 18.0. The number of hydrogen-bond donors (Lipinski definition) is 0. The zero-order valence-electron chi connectivity index (χ0n) is 17.4. The van der Waals surface area contributed by atoms with Gasteiger partial charge in [-0.25, -0.2) is 0 Å². The van der Waals surface area contributed by atoms with E-state index in [0.717, 1.165) is 47.4 Å². The number of β-lactam (4-membered cyclic amide) rings is 1. The molecule has 0 aromatic heterocycles. The number of benzene rings is 2. The summed E-state index contributed by atoms with van der Waals surface area (Å²) in [6.07, 6.45) is 1.50. The Morgan fingerprint density at radius 1 is 1.07 bits per heavy atom. The molecule has 0 bridgehead atoms. The lowest BCUT2D eigenvalue weighted by molar-refractivity contribution is -0.165. The lowest BCUT2D eigenvalue weighted by Gasteiger charge is -2.52. The van der Waals surface area contributed by atoms with Crippen molar-refractivity contribution in [1.29, 1.82) is 0 Å². The molecule has 5 heteroatoms. The third kappa shape index (κ3) is 3.61. The van der Waals surface area contributed by atoms with E-state index in [1.54, 1.807) is 7.11 Å². The minimum Gasteiger partial charge on any atom is -0.497 e. The Labute approximate surface area is 172 Å². The predicted molar refractivity (Wildman–Crippen MR) is 112 cm³/mol. The van der Waals surface area contributed by atoms with Crippen LogP contribution in [0.1, 0.15) is 39.9 Å². The van der Waals surface area contributed by atoms with E-state index in [9.17, 15) is 9.59 Å². The quantitative estimate of drug-likeness (QED) is 0.748. The summed E-state index contributed by atoms with van der Waals surface area (Å²) in [6.45, 7) is 6.73. The molecule has 1 spiro atoms. The van der Waals surface area contributed by atoms with E-state index in [-0.39, 0.29) is 17.2 Å². The Balaban J connectivity index is 1.34. The molecule has 0 saturated carbocycles. The Kier molecular flexibility index (Phi) is 5.07. The maximum Gasteiger partial charge on any atom is 0.254 e. The lowest BCUT2D eigenvalue weighted by Crippen LogP contribution is -2.64. The van der Waals surface area contributed by atoms with Gasteiger partial charge in [0.05, 0.1) is 12.5 Å². The van der Waals surface area contributed by atoms with Gasteiger partial charge in [-0.1, -0.05) is 29.8 Å². The topological polar surface area (TPSA) is 49.9 Å². The van der Waals surface area contributed by atoms with Gasteiger partial charge in [0.1, 0.15) is 5.75 Å². The van der Waals surface area contributed by atoms with Gasteiger partial charge in [-0.05, 0) is 56.0 Å². The number of nitrogens with zero attached hydrogens (tertiary/aromatic N) is 2. The number of piperidine rings is 1. The number of methoxy groups -OCH3 is 1. The first-order valence-corrected chi connectivity index (χ1v) is 10.2. The number of ether oxygens (including phenoxy) is 1. The molecule has 5 nitrogen and oxygen atoms in total. The Bertz CT molecular complexity index is 928. The van der Waals surface area contributed by atoms with Crippen LogP contribution >= 0.6 is 0 Å². The maximum atomic E-state index is 12.9. The third-order valence-electron chi connectivity index (χ3n) is 6.39. The summed E-state index contributed by atoms with van der Waals surface area (Å²) in [7, 11) is 1.65. The molecular formula is C24H28N2O3. The molecule has 0 atom stereocenters. The SMILES string of the molecule is COc1ccc(CN2CC3(CCN(C(=O)c4ccc(C)cc4C)CC3)C2=O)cc1. The van der Waals surface area contributed by atoms with Crippen molar-refractivity contribution in [3.8, 4) is 5.75 Å².